The fraction of sp³-hybridized carbons (Fsp3) is 0.381. The average molecular weight is 405 g/mol. The molecule has 2 aromatic rings. The monoisotopic (exact) mass is 404 g/mol. The lowest BCUT2D eigenvalue weighted by molar-refractivity contribution is 0.101. The Labute approximate surface area is 167 Å². The van der Waals surface area contributed by atoms with E-state index in [1.54, 1.807) is 12.1 Å². The molecule has 0 atom stereocenters. The second-order valence-electron chi connectivity index (χ2n) is 6.43. The van der Waals surface area contributed by atoms with Crippen molar-refractivity contribution in [2.45, 2.75) is 32.2 Å². The molecule has 0 heterocycles. The van der Waals surface area contributed by atoms with E-state index in [9.17, 15) is 13.2 Å². The Hall–Kier alpha value is -2.22. The molecular weight excluding hydrogens is 376 g/mol. The normalized spacial score (nSPS) is 11.6. The second kappa shape index (κ2) is 10.4. The van der Waals surface area contributed by atoms with Gasteiger partial charge in [-0.1, -0.05) is 38.1 Å². The molecule has 7 heteroatoms. The van der Waals surface area contributed by atoms with Crippen molar-refractivity contribution < 1.29 is 17.9 Å². The molecule has 0 amide bonds. The van der Waals surface area contributed by atoms with Crippen LogP contribution in [0.3, 0.4) is 0 Å². The molecule has 0 spiro atoms. The summed E-state index contributed by atoms with van der Waals surface area (Å²) in [5.74, 6) is 0.585. The van der Waals surface area contributed by atoms with Crippen molar-refractivity contribution in [2.24, 2.45) is 0 Å². The van der Waals surface area contributed by atoms with Crippen molar-refractivity contribution in [1.82, 2.24) is 9.62 Å². The fourth-order valence-corrected chi connectivity index (χ4v) is 3.74. The van der Waals surface area contributed by atoms with Crippen LogP contribution in [0.25, 0.3) is 0 Å². The summed E-state index contributed by atoms with van der Waals surface area (Å²) in [7, 11) is -3.69. The number of ketones is 1. The molecule has 0 unspecified atom stereocenters. The van der Waals surface area contributed by atoms with Gasteiger partial charge < -0.3 is 9.64 Å². The number of Topliss-reactive ketones (excluding diaryl/α,β-unsaturated/α-hetero) is 1. The minimum absolute atomic E-state index is 0.0801. The first-order valence-electron chi connectivity index (χ1n) is 9.40. The predicted molar refractivity (Wildman–Crippen MR) is 110 cm³/mol. The van der Waals surface area contributed by atoms with Crippen molar-refractivity contribution in [3.8, 4) is 5.75 Å². The highest BCUT2D eigenvalue weighted by atomic mass is 32.2. The maximum absolute atomic E-state index is 12.5. The third-order valence-corrected chi connectivity index (χ3v) is 5.91. The van der Waals surface area contributed by atoms with E-state index in [1.165, 1.54) is 19.1 Å². The lowest BCUT2D eigenvalue weighted by Crippen LogP contribution is -2.27. The van der Waals surface area contributed by atoms with Gasteiger partial charge in [-0.3, -0.25) is 4.79 Å². The van der Waals surface area contributed by atoms with E-state index < -0.39 is 10.0 Å². The molecule has 0 aliphatic carbocycles. The van der Waals surface area contributed by atoms with E-state index in [4.69, 9.17) is 4.74 Å². The van der Waals surface area contributed by atoms with Crippen LogP contribution in [-0.2, 0) is 16.6 Å². The first kappa shape index (κ1) is 22.1. The molecular formula is C21H28N2O4S. The number of ether oxygens (including phenoxy) is 1. The molecule has 0 aromatic heterocycles. The van der Waals surface area contributed by atoms with Gasteiger partial charge >= 0.3 is 0 Å². The van der Waals surface area contributed by atoms with Crippen molar-refractivity contribution in [1.29, 1.82) is 0 Å². The van der Waals surface area contributed by atoms with E-state index in [2.05, 4.69) is 23.5 Å². The maximum atomic E-state index is 12.5. The van der Waals surface area contributed by atoms with Crippen LogP contribution in [0, 0.1) is 0 Å². The van der Waals surface area contributed by atoms with E-state index in [1.807, 2.05) is 24.3 Å². The number of nitrogens with zero attached hydrogens (tertiary/aromatic N) is 1. The molecule has 152 valence electrons. The standard InChI is InChI=1S/C21H28N2O4S/c1-4-23(5-2)13-14-27-20-11-9-18(10-12-20)16-22-28(25,26)21-8-6-7-19(15-21)17(3)24/h6-12,15,22H,4-5,13-14,16H2,1-3H3. The number of carbonyl (C=O) groups is 1. The van der Waals surface area contributed by atoms with Gasteiger partial charge in [0, 0.05) is 18.7 Å². The summed E-state index contributed by atoms with van der Waals surface area (Å²) in [6.45, 7) is 9.28. The van der Waals surface area contributed by atoms with E-state index in [0.29, 0.717) is 12.2 Å². The van der Waals surface area contributed by atoms with Crippen molar-refractivity contribution in [3.63, 3.8) is 0 Å². The summed E-state index contributed by atoms with van der Waals surface area (Å²) in [5, 5.41) is 0. The van der Waals surface area contributed by atoms with Crippen LogP contribution >= 0.6 is 0 Å². The number of nitrogens with one attached hydrogen (secondary N) is 1. The summed E-state index contributed by atoms with van der Waals surface area (Å²) in [6.07, 6.45) is 0. The van der Waals surface area contributed by atoms with Crippen molar-refractivity contribution >= 4 is 15.8 Å². The van der Waals surface area contributed by atoms with E-state index in [-0.39, 0.29) is 17.2 Å². The van der Waals surface area contributed by atoms with Gasteiger partial charge in [-0.25, -0.2) is 13.1 Å². The number of hydrogen-bond acceptors (Lipinski definition) is 5. The Morgan fingerprint density at radius 3 is 2.36 bits per heavy atom. The molecule has 2 aromatic carbocycles. The third kappa shape index (κ3) is 6.44. The zero-order chi connectivity index (χ0) is 20.6. The molecule has 0 fully saturated rings. The SMILES string of the molecule is CCN(CC)CCOc1ccc(CNS(=O)(=O)c2cccc(C(C)=O)c2)cc1. The van der Waals surface area contributed by atoms with Crippen molar-refractivity contribution in [2.75, 3.05) is 26.2 Å². The van der Waals surface area contributed by atoms with Gasteiger partial charge in [0.15, 0.2) is 5.78 Å². The zero-order valence-electron chi connectivity index (χ0n) is 16.6. The van der Waals surface area contributed by atoms with Crippen LogP contribution in [0.15, 0.2) is 53.4 Å². The molecule has 28 heavy (non-hydrogen) atoms. The number of likely N-dealkylation sites (N-methyl/N-ethyl adjacent to an activating group) is 1. The summed E-state index contributed by atoms with van der Waals surface area (Å²) in [6, 6.07) is 13.4. The number of hydrogen-bond donors (Lipinski definition) is 1. The Bertz CT molecular complexity index is 876. The highest BCUT2D eigenvalue weighted by Crippen LogP contribution is 2.15. The lowest BCUT2D eigenvalue weighted by atomic mass is 10.2. The Kier molecular flexibility index (Phi) is 8.17. The van der Waals surface area contributed by atoms with Gasteiger partial charge in [0.1, 0.15) is 12.4 Å². The zero-order valence-corrected chi connectivity index (χ0v) is 17.5. The first-order chi connectivity index (χ1) is 13.4. The Morgan fingerprint density at radius 1 is 1.07 bits per heavy atom. The highest BCUT2D eigenvalue weighted by Gasteiger charge is 2.15. The Morgan fingerprint density at radius 2 is 1.75 bits per heavy atom. The maximum Gasteiger partial charge on any atom is 0.240 e. The van der Waals surface area contributed by atoms with Crippen LogP contribution in [-0.4, -0.2) is 45.3 Å². The van der Waals surface area contributed by atoms with Gasteiger partial charge in [-0.05, 0) is 49.8 Å². The average Bonchev–Trinajstić information content (AvgIpc) is 2.70. The summed E-state index contributed by atoms with van der Waals surface area (Å²) >= 11 is 0. The quantitative estimate of drug-likeness (QED) is 0.583. The smallest absolute Gasteiger partial charge is 0.240 e. The van der Waals surface area contributed by atoms with Crippen LogP contribution < -0.4 is 9.46 Å². The lowest BCUT2D eigenvalue weighted by Gasteiger charge is -2.18. The molecule has 0 aliphatic heterocycles. The molecule has 6 nitrogen and oxygen atoms in total. The van der Waals surface area contributed by atoms with Crippen LogP contribution in [0.1, 0.15) is 36.7 Å². The third-order valence-electron chi connectivity index (χ3n) is 4.51. The molecule has 1 N–H and O–H groups in total. The van der Waals surface area contributed by atoms with E-state index in [0.717, 1.165) is 30.9 Å². The van der Waals surface area contributed by atoms with Crippen molar-refractivity contribution in [3.05, 3.63) is 59.7 Å². The van der Waals surface area contributed by atoms with Gasteiger partial charge in [0.25, 0.3) is 0 Å². The molecule has 0 saturated heterocycles. The topological polar surface area (TPSA) is 75.7 Å². The molecule has 0 saturated carbocycles. The molecule has 2 rings (SSSR count). The first-order valence-corrected chi connectivity index (χ1v) is 10.9. The van der Waals surface area contributed by atoms with Gasteiger partial charge in [0.2, 0.25) is 10.0 Å². The molecule has 0 radical (unpaired) electrons. The Balaban J connectivity index is 1.92. The largest absolute Gasteiger partial charge is 0.492 e. The van der Waals surface area contributed by atoms with Crippen LogP contribution in [0.5, 0.6) is 5.75 Å². The van der Waals surface area contributed by atoms with Gasteiger partial charge in [-0.2, -0.15) is 0 Å². The minimum atomic E-state index is -3.69. The van der Waals surface area contributed by atoms with Crippen LogP contribution in [0.4, 0.5) is 0 Å². The minimum Gasteiger partial charge on any atom is -0.492 e. The summed E-state index contributed by atoms with van der Waals surface area (Å²) in [4.78, 5) is 13.8. The van der Waals surface area contributed by atoms with Gasteiger partial charge in [0.05, 0.1) is 4.90 Å². The molecule has 0 aliphatic rings. The highest BCUT2D eigenvalue weighted by molar-refractivity contribution is 7.89. The fourth-order valence-electron chi connectivity index (χ4n) is 2.68. The number of sulfonamides is 1. The second-order valence-corrected chi connectivity index (χ2v) is 8.19. The summed E-state index contributed by atoms with van der Waals surface area (Å²) < 4.78 is 33.2. The predicted octanol–water partition coefficient (Wildman–Crippen LogP) is 3.09. The van der Waals surface area contributed by atoms with Gasteiger partial charge in [-0.15, -0.1) is 0 Å². The molecule has 0 bridgehead atoms. The summed E-state index contributed by atoms with van der Waals surface area (Å²) in [5.41, 5.74) is 1.19. The van der Waals surface area contributed by atoms with Crippen LogP contribution in [0.2, 0.25) is 0 Å². The van der Waals surface area contributed by atoms with E-state index >= 15 is 0 Å². The number of benzene rings is 2. The number of carbonyl (C=O) groups excluding carboxylic acids is 1. The number of rotatable bonds is 11.